The zero-order chi connectivity index (χ0) is 18.6. The van der Waals surface area contributed by atoms with Gasteiger partial charge in [0.2, 0.25) is 0 Å². The Morgan fingerprint density at radius 3 is 2.48 bits per heavy atom. The van der Waals surface area contributed by atoms with E-state index in [9.17, 15) is 9.59 Å². The first-order valence-electron chi connectivity index (χ1n) is 9.15. The molecule has 0 saturated heterocycles. The van der Waals surface area contributed by atoms with Gasteiger partial charge >= 0.3 is 0 Å². The number of imidazole rings is 1. The van der Waals surface area contributed by atoms with Crippen LogP contribution in [0.4, 0.5) is 0 Å². The van der Waals surface area contributed by atoms with Crippen LogP contribution >= 0.6 is 0 Å². The van der Waals surface area contributed by atoms with Gasteiger partial charge in [0.25, 0.3) is 11.8 Å². The third kappa shape index (κ3) is 3.81. The van der Waals surface area contributed by atoms with Crippen LogP contribution in [0.25, 0.3) is 11.2 Å². The monoisotopic (exact) mass is 363 g/mol. The number of aromatic amines is 1. The summed E-state index contributed by atoms with van der Waals surface area (Å²) < 4.78 is 0. The lowest BCUT2D eigenvalue weighted by atomic mass is 9.90. The summed E-state index contributed by atoms with van der Waals surface area (Å²) in [6.07, 6.45) is 6.62. The molecule has 0 aliphatic heterocycles. The van der Waals surface area contributed by atoms with Crippen molar-refractivity contribution in [1.82, 2.24) is 25.6 Å². The molecule has 2 atom stereocenters. The molecule has 1 aromatic carbocycles. The van der Waals surface area contributed by atoms with Crippen molar-refractivity contribution in [3.63, 3.8) is 0 Å². The van der Waals surface area contributed by atoms with Crippen LogP contribution in [0.15, 0.2) is 48.9 Å². The summed E-state index contributed by atoms with van der Waals surface area (Å²) >= 11 is 0. The number of carbonyl (C=O) groups is 2. The molecule has 138 valence electrons. The van der Waals surface area contributed by atoms with Gasteiger partial charge < -0.3 is 15.6 Å². The highest BCUT2D eigenvalue weighted by atomic mass is 16.2. The van der Waals surface area contributed by atoms with Crippen molar-refractivity contribution in [2.24, 2.45) is 0 Å². The van der Waals surface area contributed by atoms with E-state index >= 15 is 0 Å². The summed E-state index contributed by atoms with van der Waals surface area (Å²) in [4.78, 5) is 36.3. The molecule has 7 heteroatoms. The van der Waals surface area contributed by atoms with Crippen LogP contribution in [-0.4, -0.2) is 38.8 Å². The van der Waals surface area contributed by atoms with E-state index in [2.05, 4.69) is 25.6 Å². The number of carbonyl (C=O) groups excluding carboxylic acids is 2. The summed E-state index contributed by atoms with van der Waals surface area (Å²) in [6, 6.07) is 11.0. The summed E-state index contributed by atoms with van der Waals surface area (Å²) in [7, 11) is 0. The molecule has 3 aromatic rings. The Labute approximate surface area is 156 Å². The summed E-state index contributed by atoms with van der Waals surface area (Å²) in [5.74, 6) is -0.215. The number of amides is 2. The Balaban J connectivity index is 1.39. The molecule has 2 unspecified atom stereocenters. The second kappa shape index (κ2) is 7.57. The molecule has 27 heavy (non-hydrogen) atoms. The predicted octanol–water partition coefficient (Wildman–Crippen LogP) is 2.43. The highest BCUT2D eigenvalue weighted by molar-refractivity contribution is 6.04. The average molecular weight is 363 g/mol. The van der Waals surface area contributed by atoms with E-state index in [-0.39, 0.29) is 23.9 Å². The lowest BCUT2D eigenvalue weighted by molar-refractivity contribution is 0.0904. The summed E-state index contributed by atoms with van der Waals surface area (Å²) in [5.41, 5.74) is 2.36. The predicted molar refractivity (Wildman–Crippen MR) is 101 cm³/mol. The first-order valence-corrected chi connectivity index (χ1v) is 9.15. The second-order valence-electron chi connectivity index (χ2n) is 6.83. The number of aromatic nitrogens is 3. The Bertz CT molecular complexity index is 953. The Kier molecular flexibility index (Phi) is 4.82. The molecule has 4 rings (SSSR count). The molecule has 1 aliphatic rings. The van der Waals surface area contributed by atoms with Crippen molar-refractivity contribution in [1.29, 1.82) is 0 Å². The van der Waals surface area contributed by atoms with Gasteiger partial charge in [0, 0.05) is 23.8 Å². The van der Waals surface area contributed by atoms with Crippen LogP contribution in [0.1, 0.15) is 46.4 Å². The Hall–Kier alpha value is -3.22. The number of pyridine rings is 1. The maximum Gasteiger partial charge on any atom is 0.253 e. The first kappa shape index (κ1) is 17.2. The molecule has 1 aliphatic carbocycles. The average Bonchev–Trinajstić information content (AvgIpc) is 3.17. The third-order valence-corrected chi connectivity index (χ3v) is 4.95. The highest BCUT2D eigenvalue weighted by Gasteiger charge is 2.25. The molecule has 0 radical (unpaired) electrons. The normalized spacial score (nSPS) is 19.6. The lowest BCUT2D eigenvalue weighted by Gasteiger charge is -2.30. The molecular formula is C20H21N5O2. The van der Waals surface area contributed by atoms with E-state index in [4.69, 9.17) is 0 Å². The summed E-state index contributed by atoms with van der Waals surface area (Å²) in [5, 5.41) is 6.18. The van der Waals surface area contributed by atoms with Gasteiger partial charge in [-0.3, -0.25) is 9.59 Å². The van der Waals surface area contributed by atoms with Crippen LogP contribution < -0.4 is 10.6 Å². The van der Waals surface area contributed by atoms with Crippen LogP contribution in [0.3, 0.4) is 0 Å². The van der Waals surface area contributed by atoms with Gasteiger partial charge in [-0.15, -0.1) is 0 Å². The summed E-state index contributed by atoms with van der Waals surface area (Å²) in [6.45, 7) is 0. The van der Waals surface area contributed by atoms with E-state index in [0.717, 1.165) is 25.7 Å². The maximum atomic E-state index is 12.7. The Morgan fingerprint density at radius 1 is 0.963 bits per heavy atom. The van der Waals surface area contributed by atoms with Crippen LogP contribution in [0.2, 0.25) is 0 Å². The topological polar surface area (TPSA) is 99.8 Å². The van der Waals surface area contributed by atoms with Crippen molar-refractivity contribution in [2.45, 2.75) is 37.8 Å². The van der Waals surface area contributed by atoms with Crippen LogP contribution in [-0.2, 0) is 0 Å². The van der Waals surface area contributed by atoms with Gasteiger partial charge in [-0.25, -0.2) is 9.97 Å². The molecule has 1 saturated carbocycles. The van der Waals surface area contributed by atoms with E-state index < -0.39 is 0 Å². The van der Waals surface area contributed by atoms with E-state index in [0.29, 0.717) is 22.3 Å². The van der Waals surface area contributed by atoms with Gasteiger partial charge in [0.05, 0.1) is 17.4 Å². The van der Waals surface area contributed by atoms with Crippen molar-refractivity contribution in [3.05, 3.63) is 60.0 Å². The Morgan fingerprint density at radius 2 is 1.70 bits per heavy atom. The van der Waals surface area contributed by atoms with Gasteiger partial charge in [-0.2, -0.15) is 0 Å². The van der Waals surface area contributed by atoms with E-state index in [1.165, 1.54) is 6.33 Å². The lowest BCUT2D eigenvalue weighted by Crippen LogP contribution is -2.45. The minimum Gasteiger partial charge on any atom is -0.349 e. The standard InChI is InChI=1S/C20H21N5O2/c26-19(13-5-2-1-3-6-13)24-14-7-4-8-15(11-14)25-20(27)16-9-10-21-18-17(16)22-12-23-18/h1-3,5-6,9-10,12,14-15H,4,7-8,11H2,(H,24,26)(H,25,27)(H,21,22,23). The zero-order valence-corrected chi connectivity index (χ0v) is 14.8. The molecule has 0 bridgehead atoms. The first-order chi connectivity index (χ1) is 13.2. The fraction of sp³-hybridized carbons (Fsp3) is 0.300. The number of hydrogen-bond acceptors (Lipinski definition) is 4. The van der Waals surface area contributed by atoms with Gasteiger partial charge in [-0.1, -0.05) is 18.2 Å². The second-order valence-corrected chi connectivity index (χ2v) is 6.83. The fourth-order valence-electron chi connectivity index (χ4n) is 3.61. The molecule has 1 fully saturated rings. The molecule has 7 nitrogen and oxygen atoms in total. The number of H-pyrrole nitrogens is 1. The minimum atomic E-state index is -0.147. The van der Waals surface area contributed by atoms with Crippen molar-refractivity contribution in [2.75, 3.05) is 0 Å². The molecule has 2 heterocycles. The van der Waals surface area contributed by atoms with Crippen molar-refractivity contribution < 1.29 is 9.59 Å². The smallest absolute Gasteiger partial charge is 0.253 e. The molecule has 2 aromatic heterocycles. The number of fused-ring (bicyclic) bond motifs is 1. The van der Waals surface area contributed by atoms with Crippen LogP contribution in [0, 0.1) is 0 Å². The molecule has 3 N–H and O–H groups in total. The van der Waals surface area contributed by atoms with Crippen molar-refractivity contribution in [3.8, 4) is 0 Å². The van der Waals surface area contributed by atoms with Gasteiger partial charge in [0.1, 0.15) is 0 Å². The maximum absolute atomic E-state index is 12.7. The number of nitrogens with zero attached hydrogens (tertiary/aromatic N) is 2. The zero-order valence-electron chi connectivity index (χ0n) is 14.8. The number of rotatable bonds is 4. The highest BCUT2D eigenvalue weighted by Crippen LogP contribution is 2.20. The fourth-order valence-corrected chi connectivity index (χ4v) is 3.61. The number of hydrogen-bond donors (Lipinski definition) is 3. The van der Waals surface area contributed by atoms with Gasteiger partial charge in [0.15, 0.2) is 5.65 Å². The number of nitrogens with one attached hydrogen (secondary N) is 3. The third-order valence-electron chi connectivity index (χ3n) is 4.95. The SMILES string of the molecule is O=C(NC1CCCC(NC(=O)c2ccnc3nc[nH]c23)C1)c1ccccc1. The van der Waals surface area contributed by atoms with Crippen LogP contribution in [0.5, 0.6) is 0 Å². The van der Waals surface area contributed by atoms with Gasteiger partial charge in [-0.05, 0) is 43.9 Å². The van der Waals surface area contributed by atoms with E-state index in [1.807, 2.05) is 18.2 Å². The largest absolute Gasteiger partial charge is 0.349 e. The molecule has 0 spiro atoms. The minimum absolute atomic E-state index is 0.0264. The molecule has 2 amide bonds. The quantitative estimate of drug-likeness (QED) is 0.663. The molecular weight excluding hydrogens is 342 g/mol. The number of benzene rings is 1. The van der Waals surface area contributed by atoms with E-state index in [1.54, 1.807) is 24.4 Å². The van der Waals surface area contributed by atoms with Crippen molar-refractivity contribution >= 4 is 23.0 Å².